The lowest BCUT2D eigenvalue weighted by Crippen LogP contribution is -2.61. The zero-order chi connectivity index (χ0) is 17.6. The van der Waals surface area contributed by atoms with Gasteiger partial charge in [-0.2, -0.15) is 0 Å². The number of hydrogen-bond acceptors (Lipinski definition) is 1. The fraction of sp³-hybridized carbons (Fsp3) is 0.409. The molecule has 0 aromatic heterocycles. The second-order valence-corrected chi connectivity index (χ2v) is 11.4. The molecule has 1 nitrogen and oxygen atoms in total. The third kappa shape index (κ3) is 3.86. The van der Waals surface area contributed by atoms with Gasteiger partial charge >= 0.3 is 0 Å². The predicted molar refractivity (Wildman–Crippen MR) is 107 cm³/mol. The van der Waals surface area contributed by atoms with Gasteiger partial charge in [-0.05, 0) is 6.42 Å². The van der Waals surface area contributed by atoms with Crippen LogP contribution in [0.2, 0.25) is 12.1 Å². The minimum atomic E-state index is -2.14. The summed E-state index contributed by atoms with van der Waals surface area (Å²) < 4.78 is 0. The number of carbonyl (C=O) groups excluding carboxylic acids is 1. The summed E-state index contributed by atoms with van der Waals surface area (Å²) in [4.78, 5) is 13.2. The van der Waals surface area contributed by atoms with E-state index in [1.165, 1.54) is 10.4 Å². The Bertz CT molecular complexity index is 594. The standard InChI is InChI=1S/C22H30OSi/c1-5-6-17-21(22(23)18(2)3)24(4,19-13-9-7-10-14-19)20-15-11-8-12-16-20/h7-16,18,21H,5-6,17H2,1-4H3. The fourth-order valence-corrected chi connectivity index (χ4v) is 8.26. The Morgan fingerprint density at radius 3 is 1.75 bits per heavy atom. The molecule has 0 aliphatic heterocycles. The second kappa shape index (κ2) is 8.43. The van der Waals surface area contributed by atoms with Crippen LogP contribution in [-0.2, 0) is 4.79 Å². The zero-order valence-corrected chi connectivity index (χ0v) is 16.5. The van der Waals surface area contributed by atoms with Crippen LogP contribution in [0.25, 0.3) is 0 Å². The van der Waals surface area contributed by atoms with Gasteiger partial charge < -0.3 is 0 Å². The summed E-state index contributed by atoms with van der Waals surface area (Å²) in [6.07, 6.45) is 3.25. The molecule has 1 unspecified atom stereocenters. The number of rotatable bonds is 8. The Balaban J connectivity index is 2.60. The maximum atomic E-state index is 13.2. The Hall–Kier alpha value is -1.67. The maximum absolute atomic E-state index is 13.2. The lowest BCUT2D eigenvalue weighted by Gasteiger charge is -2.37. The van der Waals surface area contributed by atoms with Gasteiger partial charge in [0.2, 0.25) is 0 Å². The molecule has 2 aromatic rings. The topological polar surface area (TPSA) is 17.1 Å². The summed E-state index contributed by atoms with van der Waals surface area (Å²) in [6, 6.07) is 21.5. The molecule has 0 radical (unpaired) electrons. The van der Waals surface area contributed by atoms with Crippen LogP contribution in [0.1, 0.15) is 40.0 Å². The van der Waals surface area contributed by atoms with E-state index >= 15 is 0 Å². The first kappa shape index (κ1) is 18.7. The summed E-state index contributed by atoms with van der Waals surface area (Å²) in [5, 5.41) is 2.73. The zero-order valence-electron chi connectivity index (χ0n) is 15.5. The Kier molecular flexibility index (Phi) is 6.56. The van der Waals surface area contributed by atoms with Gasteiger partial charge in [-0.25, -0.2) is 0 Å². The average Bonchev–Trinajstić information content (AvgIpc) is 2.62. The SMILES string of the molecule is CCCCC(C(=O)C(C)C)[Si](C)(c1ccccc1)c1ccccc1. The molecule has 24 heavy (non-hydrogen) atoms. The minimum Gasteiger partial charge on any atom is -0.299 e. The quantitative estimate of drug-likeness (QED) is 0.640. The van der Waals surface area contributed by atoms with Gasteiger partial charge in [0.25, 0.3) is 0 Å². The molecule has 2 rings (SSSR count). The van der Waals surface area contributed by atoms with Gasteiger partial charge in [-0.3, -0.25) is 4.79 Å². The van der Waals surface area contributed by atoms with Gasteiger partial charge in [0, 0.05) is 11.5 Å². The molecule has 0 amide bonds. The van der Waals surface area contributed by atoms with Gasteiger partial charge in [-0.1, -0.05) is 111 Å². The van der Waals surface area contributed by atoms with Gasteiger partial charge in [-0.15, -0.1) is 0 Å². The molecule has 0 fully saturated rings. The van der Waals surface area contributed by atoms with E-state index in [9.17, 15) is 4.79 Å². The van der Waals surface area contributed by atoms with E-state index in [0.717, 1.165) is 19.3 Å². The van der Waals surface area contributed by atoms with Crippen molar-refractivity contribution in [1.82, 2.24) is 0 Å². The molecule has 0 saturated carbocycles. The lowest BCUT2D eigenvalue weighted by atomic mass is 10.0. The Morgan fingerprint density at radius 2 is 1.38 bits per heavy atom. The maximum Gasteiger partial charge on any atom is 0.136 e. The molecular weight excluding hydrogens is 308 g/mol. The molecule has 2 aromatic carbocycles. The number of unbranched alkanes of at least 4 members (excludes halogenated alkanes) is 1. The molecule has 0 aliphatic carbocycles. The van der Waals surface area contributed by atoms with Crippen molar-refractivity contribution < 1.29 is 4.79 Å². The van der Waals surface area contributed by atoms with Crippen LogP contribution in [0.15, 0.2) is 60.7 Å². The van der Waals surface area contributed by atoms with Gasteiger partial charge in [0.15, 0.2) is 0 Å². The van der Waals surface area contributed by atoms with Crippen molar-refractivity contribution in [2.24, 2.45) is 5.92 Å². The first-order chi connectivity index (χ1) is 11.5. The number of hydrogen-bond donors (Lipinski definition) is 0. The van der Waals surface area contributed by atoms with Crippen LogP contribution in [0.4, 0.5) is 0 Å². The number of Topliss-reactive ketones (excluding diaryl/α,β-unsaturated/α-hetero) is 1. The van der Waals surface area contributed by atoms with E-state index in [1.54, 1.807) is 0 Å². The van der Waals surface area contributed by atoms with E-state index in [2.05, 4.69) is 74.1 Å². The van der Waals surface area contributed by atoms with Crippen molar-refractivity contribution in [3.8, 4) is 0 Å². The molecule has 0 aliphatic rings. The first-order valence-corrected chi connectivity index (χ1v) is 11.7. The van der Waals surface area contributed by atoms with Crippen LogP contribution in [0.5, 0.6) is 0 Å². The normalized spacial score (nSPS) is 13.0. The van der Waals surface area contributed by atoms with E-state index in [4.69, 9.17) is 0 Å². The van der Waals surface area contributed by atoms with Gasteiger partial charge in [0.05, 0.1) is 0 Å². The highest BCUT2D eigenvalue weighted by Crippen LogP contribution is 2.31. The monoisotopic (exact) mass is 338 g/mol. The van der Waals surface area contributed by atoms with Crippen LogP contribution < -0.4 is 10.4 Å². The van der Waals surface area contributed by atoms with Crippen LogP contribution >= 0.6 is 0 Å². The minimum absolute atomic E-state index is 0.0890. The van der Waals surface area contributed by atoms with E-state index in [0.29, 0.717) is 5.78 Å². The molecule has 1 atom stereocenters. The van der Waals surface area contributed by atoms with E-state index in [-0.39, 0.29) is 11.5 Å². The second-order valence-electron chi connectivity index (χ2n) is 7.19. The lowest BCUT2D eigenvalue weighted by molar-refractivity contribution is -0.122. The summed E-state index contributed by atoms with van der Waals surface area (Å²) in [5.74, 6) is 0.524. The smallest absolute Gasteiger partial charge is 0.136 e. The molecule has 2 heteroatoms. The fourth-order valence-electron chi connectivity index (χ4n) is 3.66. The van der Waals surface area contributed by atoms with Crippen molar-refractivity contribution in [1.29, 1.82) is 0 Å². The highest BCUT2D eigenvalue weighted by atomic mass is 28.3. The molecule has 0 N–H and O–H groups in total. The van der Waals surface area contributed by atoms with Crippen LogP contribution in [0, 0.1) is 5.92 Å². The van der Waals surface area contributed by atoms with Crippen LogP contribution in [-0.4, -0.2) is 13.9 Å². The number of ketones is 1. The van der Waals surface area contributed by atoms with Gasteiger partial charge in [0.1, 0.15) is 13.9 Å². The van der Waals surface area contributed by atoms with Crippen molar-refractivity contribution in [2.45, 2.75) is 52.1 Å². The third-order valence-corrected chi connectivity index (χ3v) is 10.2. The van der Waals surface area contributed by atoms with E-state index in [1.807, 2.05) is 13.8 Å². The largest absolute Gasteiger partial charge is 0.299 e. The summed E-state index contributed by atoms with van der Waals surface area (Å²) in [6.45, 7) is 8.69. The molecule has 0 spiro atoms. The Labute approximate surface area is 148 Å². The van der Waals surface area contributed by atoms with E-state index < -0.39 is 8.07 Å². The summed E-state index contributed by atoms with van der Waals surface area (Å²) in [5.41, 5.74) is 0.141. The summed E-state index contributed by atoms with van der Waals surface area (Å²) >= 11 is 0. The van der Waals surface area contributed by atoms with Crippen molar-refractivity contribution in [2.75, 3.05) is 0 Å². The molecule has 128 valence electrons. The average molecular weight is 339 g/mol. The first-order valence-electron chi connectivity index (χ1n) is 9.16. The van der Waals surface area contributed by atoms with Crippen molar-refractivity contribution in [3.05, 3.63) is 60.7 Å². The van der Waals surface area contributed by atoms with Crippen molar-refractivity contribution >= 4 is 24.2 Å². The molecule has 0 saturated heterocycles. The molecular formula is C22H30OSi. The Morgan fingerprint density at radius 1 is 0.917 bits per heavy atom. The highest BCUT2D eigenvalue weighted by molar-refractivity contribution is 7.04. The third-order valence-electron chi connectivity index (χ3n) is 5.20. The molecule has 0 bridgehead atoms. The predicted octanol–water partition coefficient (Wildman–Crippen LogP) is 4.66. The summed E-state index contributed by atoms with van der Waals surface area (Å²) in [7, 11) is -2.14. The van der Waals surface area contributed by atoms with Crippen LogP contribution in [0.3, 0.4) is 0 Å². The highest BCUT2D eigenvalue weighted by Gasteiger charge is 2.43. The molecule has 0 heterocycles. The number of carbonyl (C=O) groups is 1. The number of benzene rings is 2. The van der Waals surface area contributed by atoms with Crippen molar-refractivity contribution in [3.63, 3.8) is 0 Å².